The first kappa shape index (κ1) is 18.7. The number of nitrogens with two attached hydrogens (primary N) is 1. The number of hydrogen-bond donors (Lipinski definition) is 5. The molecule has 4 saturated carbocycles. The Balaban J connectivity index is 0.000000174. The summed E-state index contributed by atoms with van der Waals surface area (Å²) in [5.41, 5.74) is 3.88. The van der Waals surface area contributed by atoms with Crippen LogP contribution in [0.15, 0.2) is 0 Å². The summed E-state index contributed by atoms with van der Waals surface area (Å²) in [5, 5.41) is 33.8. The number of carboxylic acids is 3. The predicted molar refractivity (Wildman–Crippen MR) is 82.2 cm³/mol. The van der Waals surface area contributed by atoms with Crippen LogP contribution in [0.5, 0.6) is 0 Å². The highest BCUT2D eigenvalue weighted by Crippen LogP contribution is 2.54. The zero-order valence-corrected chi connectivity index (χ0v) is 13.5. The largest absolute Gasteiger partial charge is 0.481 e. The van der Waals surface area contributed by atoms with Gasteiger partial charge in [0.05, 0.1) is 12.8 Å². The van der Waals surface area contributed by atoms with E-state index in [9.17, 15) is 14.4 Å². The van der Waals surface area contributed by atoms with Crippen LogP contribution in [0.25, 0.3) is 0 Å². The van der Waals surface area contributed by atoms with E-state index in [2.05, 4.69) is 0 Å². The lowest BCUT2D eigenvalue weighted by molar-refractivity contribution is -0.170. The van der Waals surface area contributed by atoms with Crippen molar-refractivity contribution in [3.63, 3.8) is 0 Å². The predicted octanol–water partition coefficient (Wildman–Crippen LogP) is 0.665. The molecule has 6 N–H and O–H groups in total. The lowest BCUT2D eigenvalue weighted by Crippen LogP contribution is -2.55. The fourth-order valence-electron chi connectivity index (χ4n) is 4.89. The zero-order valence-electron chi connectivity index (χ0n) is 13.5. The quantitative estimate of drug-likeness (QED) is 0.487. The third-order valence-corrected chi connectivity index (χ3v) is 5.37. The van der Waals surface area contributed by atoms with Crippen LogP contribution in [0.4, 0.5) is 0 Å². The molecule has 8 nitrogen and oxygen atoms in total. The minimum absolute atomic E-state index is 0.300. The maximum absolute atomic E-state index is 10.3. The summed E-state index contributed by atoms with van der Waals surface area (Å²) in [5.74, 6) is -1.96. The van der Waals surface area contributed by atoms with Crippen LogP contribution in [-0.2, 0) is 14.4 Å². The Morgan fingerprint density at radius 1 is 0.875 bits per heavy atom. The Labute approximate surface area is 139 Å². The Kier molecular flexibility index (Phi) is 5.19. The number of aliphatic hydroxyl groups is 1. The van der Waals surface area contributed by atoms with Gasteiger partial charge in [-0.3, -0.25) is 9.59 Å². The fraction of sp³-hybridized carbons (Fsp3) is 0.812. The Morgan fingerprint density at radius 3 is 1.42 bits per heavy atom. The minimum atomic E-state index is -2.74. The van der Waals surface area contributed by atoms with Gasteiger partial charge in [-0.2, -0.15) is 0 Å². The molecule has 0 aromatic carbocycles. The molecule has 8 heteroatoms. The summed E-state index contributed by atoms with van der Waals surface area (Å²) in [7, 11) is 0. The molecular weight excluding hydrogens is 318 g/mol. The van der Waals surface area contributed by atoms with E-state index in [-0.39, 0.29) is 0 Å². The molecule has 0 spiro atoms. The molecule has 0 aromatic rings. The smallest absolute Gasteiger partial charge is 0.336 e. The maximum atomic E-state index is 10.3. The summed E-state index contributed by atoms with van der Waals surface area (Å²) in [4.78, 5) is 30.5. The topological polar surface area (TPSA) is 158 Å². The van der Waals surface area contributed by atoms with Crippen LogP contribution in [-0.4, -0.2) is 49.5 Å². The molecule has 0 amide bonds. The SMILES string of the molecule is NC12CC3CC(CC(C3)C1)C2.O=C(O)CC(O)(CC(=O)O)C(=O)O. The van der Waals surface area contributed by atoms with E-state index in [1.54, 1.807) is 0 Å². The van der Waals surface area contributed by atoms with Crippen molar-refractivity contribution >= 4 is 17.9 Å². The molecule has 4 aliphatic carbocycles. The van der Waals surface area contributed by atoms with Crippen molar-refractivity contribution in [2.75, 3.05) is 0 Å². The summed E-state index contributed by atoms with van der Waals surface area (Å²) >= 11 is 0. The van der Waals surface area contributed by atoms with Crippen molar-refractivity contribution in [2.45, 2.75) is 62.5 Å². The van der Waals surface area contributed by atoms with E-state index in [1.165, 1.54) is 38.5 Å². The molecule has 0 saturated heterocycles. The molecular formula is C16H25NO7. The van der Waals surface area contributed by atoms with Crippen LogP contribution >= 0.6 is 0 Å². The van der Waals surface area contributed by atoms with Crippen LogP contribution < -0.4 is 5.73 Å². The third-order valence-electron chi connectivity index (χ3n) is 5.37. The van der Waals surface area contributed by atoms with Gasteiger partial charge in [-0.25, -0.2) is 4.79 Å². The molecule has 0 unspecified atom stereocenters. The van der Waals surface area contributed by atoms with E-state index in [4.69, 9.17) is 26.2 Å². The van der Waals surface area contributed by atoms with E-state index in [1.807, 2.05) is 0 Å². The summed E-state index contributed by atoms with van der Waals surface area (Å²) in [6.07, 6.45) is 6.28. The van der Waals surface area contributed by atoms with E-state index in [0.29, 0.717) is 5.54 Å². The Bertz CT molecular complexity index is 479. The second-order valence-corrected chi connectivity index (χ2v) is 7.76. The average molecular weight is 343 g/mol. The van der Waals surface area contributed by atoms with Crippen LogP contribution in [0, 0.1) is 17.8 Å². The van der Waals surface area contributed by atoms with E-state index < -0.39 is 36.4 Å². The molecule has 4 fully saturated rings. The molecule has 4 rings (SSSR count). The first-order valence-corrected chi connectivity index (χ1v) is 8.19. The van der Waals surface area contributed by atoms with Gasteiger partial charge in [0.1, 0.15) is 0 Å². The molecule has 4 bridgehead atoms. The standard InChI is InChI=1S/C10H17N.C6H8O7/c11-10-4-7-1-8(5-10)3-9(2-7)6-10;7-3(8)1-6(13,5(11)12)2-4(9)10/h7-9H,1-6,11H2;13H,1-2H2,(H,7,8)(H,9,10)(H,11,12). The highest BCUT2D eigenvalue weighted by Gasteiger charge is 2.48. The van der Waals surface area contributed by atoms with Crippen molar-refractivity contribution in [2.24, 2.45) is 23.5 Å². The number of carboxylic acid groups (broad SMARTS) is 3. The third kappa shape index (κ3) is 4.45. The minimum Gasteiger partial charge on any atom is -0.481 e. The fourth-order valence-corrected chi connectivity index (χ4v) is 4.89. The number of carbonyl (C=O) groups is 3. The van der Waals surface area contributed by atoms with Gasteiger partial charge < -0.3 is 26.2 Å². The molecule has 0 aliphatic heterocycles. The number of hydrogen-bond acceptors (Lipinski definition) is 5. The van der Waals surface area contributed by atoms with Gasteiger partial charge in [0, 0.05) is 5.54 Å². The van der Waals surface area contributed by atoms with Gasteiger partial charge in [-0.1, -0.05) is 0 Å². The lowest BCUT2D eigenvalue weighted by Gasteiger charge is -2.55. The first-order chi connectivity index (χ1) is 11.0. The van der Waals surface area contributed by atoms with Crippen LogP contribution in [0.3, 0.4) is 0 Å². The molecule has 0 atom stereocenters. The van der Waals surface area contributed by atoms with Gasteiger partial charge in [-0.15, -0.1) is 0 Å². The first-order valence-electron chi connectivity index (χ1n) is 8.19. The van der Waals surface area contributed by atoms with Gasteiger partial charge in [-0.05, 0) is 56.3 Å². The van der Waals surface area contributed by atoms with Crippen molar-refractivity contribution in [3.05, 3.63) is 0 Å². The van der Waals surface area contributed by atoms with Crippen molar-refractivity contribution in [1.29, 1.82) is 0 Å². The van der Waals surface area contributed by atoms with Crippen molar-refractivity contribution < 1.29 is 34.8 Å². The van der Waals surface area contributed by atoms with E-state index in [0.717, 1.165) is 17.8 Å². The maximum Gasteiger partial charge on any atom is 0.336 e. The molecule has 24 heavy (non-hydrogen) atoms. The molecule has 0 aromatic heterocycles. The highest BCUT2D eigenvalue weighted by molar-refractivity contribution is 5.88. The Hall–Kier alpha value is -1.67. The molecule has 0 heterocycles. The second kappa shape index (κ2) is 6.68. The average Bonchev–Trinajstić information content (AvgIpc) is 2.33. The van der Waals surface area contributed by atoms with Crippen LogP contribution in [0.2, 0.25) is 0 Å². The van der Waals surface area contributed by atoms with Crippen LogP contribution in [0.1, 0.15) is 51.4 Å². The monoisotopic (exact) mass is 343 g/mol. The number of rotatable bonds is 5. The van der Waals surface area contributed by atoms with Gasteiger partial charge in [0.25, 0.3) is 0 Å². The molecule has 4 aliphatic rings. The Morgan fingerprint density at radius 2 is 1.21 bits per heavy atom. The normalized spacial score (nSPS) is 33.5. The van der Waals surface area contributed by atoms with E-state index >= 15 is 0 Å². The van der Waals surface area contributed by atoms with Gasteiger partial charge in [0.2, 0.25) is 0 Å². The van der Waals surface area contributed by atoms with Gasteiger partial charge >= 0.3 is 17.9 Å². The molecule has 0 radical (unpaired) electrons. The molecule has 136 valence electrons. The second-order valence-electron chi connectivity index (χ2n) is 7.76. The van der Waals surface area contributed by atoms with Crippen molar-refractivity contribution in [1.82, 2.24) is 0 Å². The summed E-state index contributed by atoms with van der Waals surface area (Å²) in [6.45, 7) is 0. The number of aliphatic carboxylic acids is 3. The summed E-state index contributed by atoms with van der Waals surface area (Å²) in [6, 6.07) is 0. The zero-order chi connectivity index (χ0) is 18.1. The van der Waals surface area contributed by atoms with Crippen molar-refractivity contribution in [3.8, 4) is 0 Å². The summed E-state index contributed by atoms with van der Waals surface area (Å²) < 4.78 is 0. The lowest BCUT2D eigenvalue weighted by atomic mass is 9.53. The van der Waals surface area contributed by atoms with Gasteiger partial charge in [0.15, 0.2) is 5.60 Å². The highest BCUT2D eigenvalue weighted by atomic mass is 16.4.